The molecule has 3 heterocycles. The third-order valence-electron chi connectivity index (χ3n) is 4.00. The number of Topliss-reactive ketones (excluding diaryl/α,β-unsaturated/α-hetero) is 1. The lowest BCUT2D eigenvalue weighted by atomic mass is 10.00. The number of rotatable bonds is 3. The number of hydrogen-bond donors (Lipinski definition) is 1. The summed E-state index contributed by atoms with van der Waals surface area (Å²) in [5.41, 5.74) is 0.240. The van der Waals surface area contributed by atoms with Gasteiger partial charge in [0.1, 0.15) is 17.6 Å². The number of halogens is 1. The number of aromatic nitrogens is 1. The van der Waals surface area contributed by atoms with Crippen LogP contribution in [0.4, 0.5) is 9.52 Å². The Kier molecular flexibility index (Phi) is 4.14. The van der Waals surface area contributed by atoms with E-state index in [2.05, 4.69) is 4.98 Å². The van der Waals surface area contributed by atoms with Crippen molar-refractivity contribution in [2.24, 2.45) is 0 Å². The van der Waals surface area contributed by atoms with Gasteiger partial charge >= 0.3 is 5.91 Å². The Morgan fingerprint density at radius 1 is 1.12 bits per heavy atom. The minimum absolute atomic E-state index is 0.0285. The van der Waals surface area contributed by atoms with Gasteiger partial charge in [-0.15, -0.1) is 22.7 Å². The van der Waals surface area contributed by atoms with Gasteiger partial charge in [0.05, 0.1) is 5.57 Å². The van der Waals surface area contributed by atoms with Gasteiger partial charge in [0.25, 0.3) is 5.78 Å². The van der Waals surface area contributed by atoms with Gasteiger partial charge in [0, 0.05) is 22.0 Å². The van der Waals surface area contributed by atoms with Crippen molar-refractivity contribution in [1.29, 1.82) is 0 Å². The van der Waals surface area contributed by atoms with E-state index in [1.165, 1.54) is 51.8 Å². The number of aliphatic hydroxyl groups excluding tert-OH is 1. The molecule has 0 bridgehead atoms. The van der Waals surface area contributed by atoms with E-state index in [1.807, 2.05) is 5.38 Å². The first-order chi connectivity index (χ1) is 12.6. The van der Waals surface area contributed by atoms with E-state index < -0.39 is 23.5 Å². The van der Waals surface area contributed by atoms with Crippen molar-refractivity contribution in [3.8, 4) is 0 Å². The van der Waals surface area contributed by atoms with E-state index in [1.54, 1.807) is 23.7 Å². The summed E-state index contributed by atoms with van der Waals surface area (Å²) in [5, 5.41) is 14.6. The molecule has 1 amide bonds. The zero-order chi connectivity index (χ0) is 18.3. The lowest BCUT2D eigenvalue weighted by Gasteiger charge is -2.21. The van der Waals surface area contributed by atoms with Gasteiger partial charge in [0.2, 0.25) is 0 Å². The van der Waals surface area contributed by atoms with Crippen molar-refractivity contribution in [3.05, 3.63) is 75.2 Å². The largest absolute Gasteiger partial charge is 0.507 e. The van der Waals surface area contributed by atoms with Gasteiger partial charge in [-0.05, 0) is 35.7 Å². The third-order valence-corrected chi connectivity index (χ3v) is 5.70. The first-order valence-electron chi connectivity index (χ1n) is 7.58. The fraction of sp³-hybridized carbons (Fsp3) is 0.0556. The van der Waals surface area contributed by atoms with E-state index in [9.17, 15) is 19.1 Å². The number of carbonyl (C=O) groups excluding carboxylic acids is 2. The van der Waals surface area contributed by atoms with Crippen molar-refractivity contribution < 1.29 is 19.1 Å². The Hall–Kier alpha value is -2.84. The molecule has 26 heavy (non-hydrogen) atoms. The summed E-state index contributed by atoms with van der Waals surface area (Å²) in [4.78, 5) is 31.5. The molecule has 8 heteroatoms. The maximum atomic E-state index is 13.2. The highest BCUT2D eigenvalue weighted by Crippen LogP contribution is 2.43. The quantitative estimate of drug-likeness (QED) is 0.420. The highest BCUT2D eigenvalue weighted by Gasteiger charge is 2.48. The molecule has 1 atom stereocenters. The number of nitrogens with zero attached hydrogens (tertiary/aromatic N) is 2. The molecule has 0 aliphatic carbocycles. The smallest absolute Gasteiger partial charge is 0.301 e. The van der Waals surface area contributed by atoms with Crippen LogP contribution in [0.2, 0.25) is 0 Å². The lowest BCUT2D eigenvalue weighted by Crippen LogP contribution is -2.28. The predicted molar refractivity (Wildman–Crippen MR) is 97.6 cm³/mol. The van der Waals surface area contributed by atoms with Crippen LogP contribution in [-0.2, 0) is 9.59 Å². The van der Waals surface area contributed by atoms with Crippen LogP contribution in [0.1, 0.15) is 16.5 Å². The zero-order valence-electron chi connectivity index (χ0n) is 13.1. The minimum Gasteiger partial charge on any atom is -0.507 e. The number of benzene rings is 1. The molecule has 130 valence electrons. The first kappa shape index (κ1) is 16.6. The molecular weight excluding hydrogens is 375 g/mol. The van der Waals surface area contributed by atoms with Crippen LogP contribution in [0.5, 0.6) is 0 Å². The molecule has 1 unspecified atom stereocenters. The highest BCUT2D eigenvalue weighted by molar-refractivity contribution is 7.14. The second-order valence-electron chi connectivity index (χ2n) is 5.51. The second kappa shape index (κ2) is 6.47. The van der Waals surface area contributed by atoms with Crippen LogP contribution < -0.4 is 4.90 Å². The summed E-state index contributed by atoms with van der Waals surface area (Å²) >= 11 is 2.60. The van der Waals surface area contributed by atoms with Crippen molar-refractivity contribution in [3.63, 3.8) is 0 Å². The van der Waals surface area contributed by atoms with Crippen molar-refractivity contribution in [1.82, 2.24) is 4.98 Å². The summed E-state index contributed by atoms with van der Waals surface area (Å²) in [6.07, 6.45) is 1.55. The monoisotopic (exact) mass is 386 g/mol. The Morgan fingerprint density at radius 3 is 2.50 bits per heavy atom. The molecule has 4 rings (SSSR count). The average Bonchev–Trinajstić information content (AvgIpc) is 3.37. The van der Waals surface area contributed by atoms with Crippen LogP contribution in [-0.4, -0.2) is 21.8 Å². The van der Waals surface area contributed by atoms with E-state index in [-0.39, 0.29) is 16.9 Å². The van der Waals surface area contributed by atoms with Crippen molar-refractivity contribution in [2.75, 3.05) is 4.90 Å². The van der Waals surface area contributed by atoms with Gasteiger partial charge in [0.15, 0.2) is 5.13 Å². The molecule has 0 saturated carbocycles. The lowest BCUT2D eigenvalue weighted by molar-refractivity contribution is -0.132. The summed E-state index contributed by atoms with van der Waals surface area (Å²) < 4.78 is 13.2. The summed E-state index contributed by atoms with van der Waals surface area (Å²) in [6, 6.07) is 7.93. The van der Waals surface area contributed by atoms with E-state index >= 15 is 0 Å². The summed E-state index contributed by atoms with van der Waals surface area (Å²) in [6.45, 7) is 0. The molecule has 1 aliphatic rings. The zero-order valence-corrected chi connectivity index (χ0v) is 14.8. The van der Waals surface area contributed by atoms with Crippen LogP contribution in [0.3, 0.4) is 0 Å². The van der Waals surface area contributed by atoms with Gasteiger partial charge in [-0.2, -0.15) is 0 Å². The third kappa shape index (κ3) is 2.63. The topological polar surface area (TPSA) is 70.5 Å². The number of thiophene rings is 1. The summed E-state index contributed by atoms with van der Waals surface area (Å²) in [7, 11) is 0. The molecule has 1 aliphatic heterocycles. The Morgan fingerprint density at radius 2 is 1.88 bits per heavy atom. The number of ketones is 1. The molecule has 2 aromatic heterocycles. The number of aliphatic hydroxyl groups is 1. The first-order valence-corrected chi connectivity index (χ1v) is 9.33. The molecule has 1 saturated heterocycles. The maximum absolute atomic E-state index is 13.2. The molecule has 5 nitrogen and oxygen atoms in total. The number of hydrogen-bond acceptors (Lipinski definition) is 6. The Labute approximate surface area is 155 Å². The van der Waals surface area contributed by atoms with Crippen LogP contribution >= 0.6 is 22.7 Å². The molecule has 1 N–H and O–H groups in total. The molecule has 0 radical (unpaired) electrons. The SMILES string of the molecule is O=C1C(=O)N(c2nccs2)C(c2cccs2)/C1=C(\O)c1ccc(F)cc1. The normalized spacial score (nSPS) is 19.3. The molecule has 3 aromatic rings. The number of amides is 1. The fourth-order valence-electron chi connectivity index (χ4n) is 2.84. The Balaban J connectivity index is 1.92. The highest BCUT2D eigenvalue weighted by atomic mass is 32.1. The van der Waals surface area contributed by atoms with E-state index in [0.717, 1.165) is 4.88 Å². The van der Waals surface area contributed by atoms with Crippen molar-refractivity contribution in [2.45, 2.75) is 6.04 Å². The molecule has 1 aromatic carbocycles. The fourth-order valence-corrected chi connectivity index (χ4v) is 4.33. The van der Waals surface area contributed by atoms with E-state index in [4.69, 9.17) is 0 Å². The van der Waals surface area contributed by atoms with E-state index in [0.29, 0.717) is 5.13 Å². The van der Waals surface area contributed by atoms with Crippen LogP contribution in [0, 0.1) is 5.82 Å². The van der Waals surface area contributed by atoms with Crippen LogP contribution in [0.25, 0.3) is 5.76 Å². The van der Waals surface area contributed by atoms with Gasteiger partial charge in [-0.3, -0.25) is 14.5 Å². The predicted octanol–water partition coefficient (Wildman–Crippen LogP) is 3.97. The average molecular weight is 386 g/mol. The Bertz CT molecular complexity index is 996. The standard InChI is InChI=1S/C18H11FN2O3S2/c19-11-5-3-10(4-6-11)15(22)13-14(12-2-1-8-25-12)21(17(24)16(13)23)18-20-7-9-26-18/h1-9,14,22H/b15-13+. The number of thiazole rings is 1. The number of carbonyl (C=O) groups is 2. The van der Waals surface area contributed by atoms with Gasteiger partial charge < -0.3 is 5.11 Å². The van der Waals surface area contributed by atoms with Crippen molar-refractivity contribution >= 4 is 45.3 Å². The number of anilines is 1. The molecule has 0 spiro atoms. The maximum Gasteiger partial charge on any atom is 0.301 e. The van der Waals surface area contributed by atoms with Gasteiger partial charge in [-0.25, -0.2) is 9.37 Å². The molecule has 1 fully saturated rings. The minimum atomic E-state index is -0.791. The van der Waals surface area contributed by atoms with Gasteiger partial charge in [-0.1, -0.05) is 6.07 Å². The molecular formula is C18H11FN2O3S2. The van der Waals surface area contributed by atoms with Crippen LogP contribution in [0.15, 0.2) is 58.9 Å². The second-order valence-corrected chi connectivity index (χ2v) is 7.36. The summed E-state index contributed by atoms with van der Waals surface area (Å²) in [5.74, 6) is -2.33.